The number of halogens is 3. The molecule has 3 atom stereocenters. The van der Waals surface area contributed by atoms with Crippen molar-refractivity contribution in [2.75, 3.05) is 13.7 Å². The zero-order chi connectivity index (χ0) is 22.1. The lowest BCUT2D eigenvalue weighted by molar-refractivity contribution is 0.0148. The second-order valence-corrected chi connectivity index (χ2v) is 8.34. The van der Waals surface area contributed by atoms with Gasteiger partial charge in [0.2, 0.25) is 0 Å². The van der Waals surface area contributed by atoms with E-state index < -0.39 is 22.9 Å². The lowest BCUT2D eigenvalue weighted by atomic mass is 10.0. The number of ether oxygens (including phenoxy) is 2. The molecule has 2 aromatic carbocycles. The number of hydrogen-bond acceptors (Lipinski definition) is 6. The highest BCUT2D eigenvalue weighted by atomic mass is 79.9. The Labute approximate surface area is 193 Å². The summed E-state index contributed by atoms with van der Waals surface area (Å²) in [5, 5.41) is 4.77. The van der Waals surface area contributed by atoms with Crippen molar-refractivity contribution in [2.24, 2.45) is 11.1 Å². The van der Waals surface area contributed by atoms with Gasteiger partial charge < -0.3 is 14.3 Å². The van der Waals surface area contributed by atoms with E-state index in [1.165, 1.54) is 13.3 Å². The fraction of sp³-hybridized carbons (Fsp3) is 0.286. The number of nitrogens with zero attached hydrogens (tertiary/aromatic N) is 1. The van der Waals surface area contributed by atoms with E-state index in [2.05, 4.69) is 21.1 Å². The molecule has 0 amide bonds. The molecule has 0 aliphatic carbocycles. The highest BCUT2D eigenvalue weighted by Gasteiger charge is 2.30. The molecule has 0 aliphatic heterocycles. The molecule has 160 valence electrons. The highest BCUT2D eigenvalue weighted by molar-refractivity contribution is 9.09. The maximum Gasteiger partial charge on any atom is 0.338 e. The Morgan fingerprint density at radius 1 is 1.00 bits per heavy atom. The van der Waals surface area contributed by atoms with Crippen molar-refractivity contribution in [1.82, 2.24) is 0 Å². The maximum atomic E-state index is 12.6. The number of carbonyl (C=O) groups is 2. The summed E-state index contributed by atoms with van der Waals surface area (Å²) in [6.07, 6.45) is 0.819. The first-order valence-corrected chi connectivity index (χ1v) is 10.6. The number of benzene rings is 2. The Morgan fingerprint density at radius 3 is 2.00 bits per heavy atom. The van der Waals surface area contributed by atoms with Gasteiger partial charge in [0.15, 0.2) is 0 Å². The van der Waals surface area contributed by atoms with Gasteiger partial charge in [-0.05, 0) is 48.5 Å². The highest BCUT2D eigenvalue weighted by Crippen LogP contribution is 2.21. The largest absolute Gasteiger partial charge is 0.461 e. The van der Waals surface area contributed by atoms with Gasteiger partial charge in [-0.2, -0.15) is 0 Å². The predicted octanol–water partition coefficient (Wildman–Crippen LogP) is 5.41. The molecule has 0 spiro atoms. The lowest BCUT2D eigenvalue weighted by Crippen LogP contribution is -2.37. The molecular formula is C21H20BrCl2NO5. The molecule has 30 heavy (non-hydrogen) atoms. The quantitative estimate of drug-likeness (QED) is 0.193. The Morgan fingerprint density at radius 2 is 1.50 bits per heavy atom. The van der Waals surface area contributed by atoms with Crippen LogP contribution in [-0.2, 0) is 14.3 Å². The van der Waals surface area contributed by atoms with Crippen LogP contribution in [0.25, 0.3) is 0 Å². The SMILES string of the molecule is CO/N=C\[C@@H](C)[C@H](OC(=O)c1ccc(Cl)cc1)[C@@H](Br)COC(=O)c1ccc(Cl)cc1. The summed E-state index contributed by atoms with van der Waals surface area (Å²) in [5.41, 5.74) is 0.709. The molecule has 0 saturated heterocycles. The fourth-order valence-electron chi connectivity index (χ4n) is 2.45. The second-order valence-electron chi connectivity index (χ2n) is 6.29. The number of carbonyl (C=O) groups excluding carboxylic acids is 2. The third kappa shape index (κ3) is 7.31. The van der Waals surface area contributed by atoms with Crippen molar-refractivity contribution >= 4 is 57.3 Å². The summed E-state index contributed by atoms with van der Waals surface area (Å²) in [6, 6.07) is 12.7. The number of hydrogen-bond donors (Lipinski definition) is 0. The smallest absolute Gasteiger partial charge is 0.338 e. The lowest BCUT2D eigenvalue weighted by Gasteiger charge is -2.26. The fourth-order valence-corrected chi connectivity index (χ4v) is 3.42. The van der Waals surface area contributed by atoms with Gasteiger partial charge in [0.05, 0.1) is 22.2 Å². The third-order valence-corrected chi connectivity index (χ3v) is 5.34. The molecule has 0 radical (unpaired) electrons. The molecule has 0 unspecified atom stereocenters. The van der Waals surface area contributed by atoms with Crippen LogP contribution < -0.4 is 0 Å². The first kappa shape index (κ1) is 24.2. The molecule has 0 bridgehead atoms. The predicted molar refractivity (Wildman–Crippen MR) is 120 cm³/mol. The van der Waals surface area contributed by atoms with Crippen LogP contribution in [-0.4, -0.2) is 42.8 Å². The van der Waals surface area contributed by atoms with Crippen LogP contribution in [0.4, 0.5) is 0 Å². The summed E-state index contributed by atoms with van der Waals surface area (Å²) in [4.78, 5) is 29.0. The average molecular weight is 517 g/mol. The van der Waals surface area contributed by atoms with Gasteiger partial charge in [-0.1, -0.05) is 51.2 Å². The molecule has 0 heterocycles. The third-order valence-electron chi connectivity index (χ3n) is 4.05. The standard InChI is InChI=1S/C21H20BrCl2NO5/c1-13(11-25-28-2)19(30-21(27)15-5-9-17(24)10-6-15)18(22)12-29-20(26)14-3-7-16(23)8-4-14/h3-11,13,18-19H,12H2,1-2H3/b25-11-/t13-,18+,19+/m1/s1. The molecule has 0 aromatic heterocycles. The topological polar surface area (TPSA) is 74.2 Å². The van der Waals surface area contributed by atoms with Crippen LogP contribution in [0.5, 0.6) is 0 Å². The Balaban J connectivity index is 2.07. The molecule has 6 nitrogen and oxygen atoms in total. The maximum absolute atomic E-state index is 12.6. The van der Waals surface area contributed by atoms with Crippen molar-refractivity contribution in [3.05, 3.63) is 69.7 Å². The number of alkyl halides is 1. The van der Waals surface area contributed by atoms with Crippen molar-refractivity contribution in [1.29, 1.82) is 0 Å². The van der Waals surface area contributed by atoms with E-state index in [0.29, 0.717) is 21.2 Å². The Kier molecular flexibility index (Phi) is 9.62. The first-order chi connectivity index (χ1) is 14.3. The Hall–Kier alpha value is -2.09. The van der Waals surface area contributed by atoms with E-state index in [-0.39, 0.29) is 12.5 Å². The summed E-state index contributed by atoms with van der Waals surface area (Å²) in [5.74, 6) is -1.39. The van der Waals surface area contributed by atoms with Crippen molar-refractivity contribution < 1.29 is 23.9 Å². The number of rotatable bonds is 9. The first-order valence-electron chi connectivity index (χ1n) is 8.91. The monoisotopic (exact) mass is 515 g/mol. The van der Waals surface area contributed by atoms with Crippen LogP contribution in [0.15, 0.2) is 53.7 Å². The molecule has 0 N–H and O–H groups in total. The summed E-state index contributed by atoms with van der Waals surface area (Å²) >= 11 is 15.2. The van der Waals surface area contributed by atoms with Gasteiger partial charge in [-0.3, -0.25) is 0 Å². The number of oxime groups is 1. The van der Waals surface area contributed by atoms with Crippen LogP contribution in [0.1, 0.15) is 27.6 Å². The number of esters is 2. The summed E-state index contributed by atoms with van der Waals surface area (Å²) in [7, 11) is 1.41. The van der Waals surface area contributed by atoms with Gasteiger partial charge in [-0.25, -0.2) is 9.59 Å². The van der Waals surface area contributed by atoms with Crippen LogP contribution in [0, 0.1) is 5.92 Å². The minimum absolute atomic E-state index is 0.0365. The van der Waals surface area contributed by atoms with E-state index in [1.807, 2.05) is 0 Å². The van der Waals surface area contributed by atoms with E-state index in [9.17, 15) is 9.59 Å². The molecule has 2 rings (SSSR count). The van der Waals surface area contributed by atoms with Gasteiger partial charge in [0, 0.05) is 16.0 Å². The van der Waals surface area contributed by atoms with E-state index >= 15 is 0 Å². The van der Waals surface area contributed by atoms with E-state index in [0.717, 1.165) is 0 Å². The van der Waals surface area contributed by atoms with E-state index in [1.54, 1.807) is 55.5 Å². The Bertz CT molecular complexity index is 874. The van der Waals surface area contributed by atoms with Crippen LogP contribution >= 0.6 is 39.1 Å². The van der Waals surface area contributed by atoms with Crippen molar-refractivity contribution in [3.8, 4) is 0 Å². The second kappa shape index (κ2) is 11.9. The average Bonchev–Trinajstić information content (AvgIpc) is 2.74. The molecule has 0 saturated carbocycles. The van der Waals surface area contributed by atoms with Gasteiger partial charge in [0.25, 0.3) is 0 Å². The van der Waals surface area contributed by atoms with Crippen molar-refractivity contribution in [2.45, 2.75) is 17.9 Å². The van der Waals surface area contributed by atoms with Gasteiger partial charge >= 0.3 is 11.9 Å². The van der Waals surface area contributed by atoms with Crippen LogP contribution in [0.3, 0.4) is 0 Å². The molecule has 2 aromatic rings. The van der Waals surface area contributed by atoms with Gasteiger partial charge in [0.1, 0.15) is 19.8 Å². The summed E-state index contributed by atoms with van der Waals surface area (Å²) in [6.45, 7) is 1.77. The van der Waals surface area contributed by atoms with Gasteiger partial charge in [-0.15, -0.1) is 0 Å². The molecular weight excluding hydrogens is 497 g/mol. The zero-order valence-electron chi connectivity index (χ0n) is 16.3. The molecule has 9 heteroatoms. The molecule has 0 fully saturated rings. The van der Waals surface area contributed by atoms with Crippen molar-refractivity contribution in [3.63, 3.8) is 0 Å². The van der Waals surface area contributed by atoms with E-state index in [4.69, 9.17) is 37.5 Å². The molecule has 0 aliphatic rings. The minimum atomic E-state index is -0.690. The van der Waals surface area contributed by atoms with Crippen LogP contribution in [0.2, 0.25) is 10.0 Å². The zero-order valence-corrected chi connectivity index (χ0v) is 19.4. The minimum Gasteiger partial charge on any atom is -0.461 e. The summed E-state index contributed by atoms with van der Waals surface area (Å²) < 4.78 is 11.0. The normalized spacial score (nSPS) is 14.0.